The summed E-state index contributed by atoms with van der Waals surface area (Å²) < 4.78 is 0. The fraction of sp³-hybridized carbons (Fsp3) is 0.900. The second-order valence-electron chi connectivity index (χ2n) is 8.73. The molecule has 1 heteroatoms. The van der Waals surface area contributed by atoms with Crippen molar-refractivity contribution >= 4 is 0 Å². The maximum Gasteiger partial charge on any atom is 0.0543 e. The summed E-state index contributed by atoms with van der Waals surface area (Å²) in [7, 11) is 0. The average Bonchev–Trinajstić information content (AvgIpc) is 2.91. The van der Waals surface area contributed by atoms with E-state index in [1.165, 1.54) is 44.9 Å². The fourth-order valence-corrected chi connectivity index (χ4v) is 7.10. The van der Waals surface area contributed by atoms with Crippen LogP contribution < -0.4 is 0 Å². The highest BCUT2D eigenvalue weighted by Gasteiger charge is 2.55. The number of hydrogen-bond acceptors (Lipinski definition) is 1. The monoisotopic (exact) mass is 288 g/mol. The molecule has 4 fully saturated rings. The van der Waals surface area contributed by atoms with E-state index in [1.54, 1.807) is 5.57 Å². The highest BCUT2D eigenvalue weighted by molar-refractivity contribution is 5.17. The maximum absolute atomic E-state index is 10.1. The molecule has 7 atom stereocenters. The summed E-state index contributed by atoms with van der Waals surface area (Å²) in [5, 5.41) is 10.1. The molecule has 1 nitrogen and oxygen atoms in total. The van der Waals surface area contributed by atoms with Gasteiger partial charge in [-0.2, -0.15) is 0 Å². The van der Waals surface area contributed by atoms with Crippen LogP contribution in [0.1, 0.15) is 71.6 Å². The molecule has 0 heterocycles. The Morgan fingerprint density at radius 2 is 1.90 bits per heavy atom. The summed E-state index contributed by atoms with van der Waals surface area (Å²) in [6, 6.07) is 0. The van der Waals surface area contributed by atoms with Gasteiger partial charge < -0.3 is 5.11 Å². The van der Waals surface area contributed by atoms with Crippen molar-refractivity contribution in [2.75, 3.05) is 0 Å². The minimum absolute atomic E-state index is 0.00271. The Hall–Kier alpha value is -0.300. The Morgan fingerprint density at radius 1 is 1.05 bits per heavy atom. The molecule has 0 aliphatic heterocycles. The molecule has 118 valence electrons. The van der Waals surface area contributed by atoms with E-state index in [2.05, 4.69) is 19.9 Å². The Bertz CT molecular complexity index is 439. The molecule has 0 bridgehead atoms. The predicted octanol–water partition coefficient (Wildman–Crippen LogP) is 4.95. The molecule has 0 saturated heterocycles. The van der Waals surface area contributed by atoms with Crippen LogP contribution in [0.25, 0.3) is 0 Å². The van der Waals surface area contributed by atoms with Gasteiger partial charge in [0, 0.05) is 0 Å². The van der Waals surface area contributed by atoms with Gasteiger partial charge in [0.05, 0.1) is 6.10 Å². The van der Waals surface area contributed by atoms with Gasteiger partial charge in [0.15, 0.2) is 0 Å². The van der Waals surface area contributed by atoms with Crippen molar-refractivity contribution in [3.63, 3.8) is 0 Å². The average molecular weight is 288 g/mol. The molecule has 4 saturated carbocycles. The Morgan fingerprint density at radius 3 is 2.71 bits per heavy atom. The van der Waals surface area contributed by atoms with E-state index in [1.807, 2.05) is 0 Å². The molecule has 4 aliphatic carbocycles. The molecule has 0 spiro atoms. The zero-order chi connectivity index (χ0) is 14.6. The predicted molar refractivity (Wildman–Crippen MR) is 86.9 cm³/mol. The van der Waals surface area contributed by atoms with Crippen LogP contribution in [0.15, 0.2) is 11.6 Å². The van der Waals surface area contributed by atoms with Gasteiger partial charge in [0.1, 0.15) is 0 Å². The summed E-state index contributed by atoms with van der Waals surface area (Å²) >= 11 is 0. The smallest absolute Gasteiger partial charge is 0.0543 e. The first kappa shape index (κ1) is 14.3. The first-order chi connectivity index (χ1) is 10.1. The summed E-state index contributed by atoms with van der Waals surface area (Å²) in [6.07, 6.45) is 14.5. The lowest BCUT2D eigenvalue weighted by molar-refractivity contribution is -0.104. The minimum atomic E-state index is -0.00271. The molecule has 0 aromatic rings. The van der Waals surface area contributed by atoms with Crippen molar-refractivity contribution in [2.45, 2.75) is 77.7 Å². The second kappa shape index (κ2) is 5.11. The maximum atomic E-state index is 10.1. The van der Waals surface area contributed by atoms with Gasteiger partial charge in [-0.3, -0.25) is 0 Å². The lowest BCUT2D eigenvalue weighted by atomic mass is 9.47. The van der Waals surface area contributed by atoms with Gasteiger partial charge in [0.25, 0.3) is 0 Å². The van der Waals surface area contributed by atoms with Crippen molar-refractivity contribution in [1.82, 2.24) is 0 Å². The quantitative estimate of drug-likeness (QED) is 0.626. The zero-order valence-electron chi connectivity index (χ0n) is 13.9. The van der Waals surface area contributed by atoms with E-state index in [-0.39, 0.29) is 6.10 Å². The van der Waals surface area contributed by atoms with E-state index in [4.69, 9.17) is 0 Å². The highest BCUT2D eigenvalue weighted by atomic mass is 16.3. The van der Waals surface area contributed by atoms with E-state index in [0.717, 1.165) is 42.4 Å². The van der Waals surface area contributed by atoms with Crippen molar-refractivity contribution in [3.8, 4) is 0 Å². The molecule has 4 aliphatic rings. The second-order valence-corrected chi connectivity index (χ2v) is 8.73. The molecule has 0 aromatic heterocycles. The van der Waals surface area contributed by atoms with E-state index >= 15 is 0 Å². The number of aliphatic hydroxyl groups excluding tert-OH is 1. The molecule has 0 aromatic carbocycles. The third kappa shape index (κ3) is 2.06. The van der Waals surface area contributed by atoms with Crippen molar-refractivity contribution in [3.05, 3.63) is 11.6 Å². The lowest BCUT2D eigenvalue weighted by Crippen LogP contribution is -2.51. The summed E-state index contributed by atoms with van der Waals surface area (Å²) in [5.41, 5.74) is 2.33. The van der Waals surface area contributed by atoms with Crippen LogP contribution in [0.2, 0.25) is 0 Å². The van der Waals surface area contributed by atoms with E-state index in [0.29, 0.717) is 5.41 Å². The Balaban J connectivity index is 1.60. The molecular weight excluding hydrogens is 256 g/mol. The molecule has 1 N–H and O–H groups in total. The van der Waals surface area contributed by atoms with Crippen LogP contribution in [0.3, 0.4) is 0 Å². The standard InChI is InChI=1S/C20H32O/c1-3-13-4-6-17-16(13)8-9-19-18(17)7-5-14-12-15(21)10-11-20(14,19)2/h3,14-19,21H,4-12H2,1-2H3/b13-3-. The Kier molecular flexibility index (Phi) is 3.48. The summed E-state index contributed by atoms with van der Waals surface area (Å²) in [6.45, 7) is 4.84. The molecule has 4 rings (SSSR count). The van der Waals surface area contributed by atoms with Crippen LogP contribution in [0, 0.1) is 35.0 Å². The van der Waals surface area contributed by atoms with Crippen LogP contribution in [-0.4, -0.2) is 11.2 Å². The van der Waals surface area contributed by atoms with Gasteiger partial charge in [-0.25, -0.2) is 0 Å². The zero-order valence-corrected chi connectivity index (χ0v) is 13.9. The number of fused-ring (bicyclic) bond motifs is 5. The van der Waals surface area contributed by atoms with Crippen LogP contribution in [-0.2, 0) is 0 Å². The van der Waals surface area contributed by atoms with Crippen molar-refractivity contribution in [1.29, 1.82) is 0 Å². The normalized spacial score (nSPS) is 54.9. The fourth-order valence-electron chi connectivity index (χ4n) is 7.10. The molecule has 7 unspecified atom stereocenters. The first-order valence-corrected chi connectivity index (χ1v) is 9.46. The van der Waals surface area contributed by atoms with Crippen molar-refractivity contribution in [2.24, 2.45) is 35.0 Å². The van der Waals surface area contributed by atoms with Crippen LogP contribution in [0.5, 0.6) is 0 Å². The van der Waals surface area contributed by atoms with Gasteiger partial charge in [-0.05, 0) is 99.7 Å². The highest BCUT2D eigenvalue weighted by Crippen LogP contribution is 2.63. The van der Waals surface area contributed by atoms with Gasteiger partial charge in [-0.1, -0.05) is 18.6 Å². The van der Waals surface area contributed by atoms with Crippen LogP contribution >= 0.6 is 0 Å². The van der Waals surface area contributed by atoms with Crippen molar-refractivity contribution < 1.29 is 5.11 Å². The summed E-state index contributed by atoms with van der Waals surface area (Å²) in [5.74, 6) is 4.70. The summed E-state index contributed by atoms with van der Waals surface area (Å²) in [4.78, 5) is 0. The largest absolute Gasteiger partial charge is 0.393 e. The minimum Gasteiger partial charge on any atom is -0.393 e. The van der Waals surface area contributed by atoms with Crippen LogP contribution in [0.4, 0.5) is 0 Å². The number of aliphatic hydroxyl groups is 1. The first-order valence-electron chi connectivity index (χ1n) is 9.46. The third-order valence-electron chi connectivity index (χ3n) is 8.19. The molecule has 0 radical (unpaired) electrons. The molecule has 0 amide bonds. The topological polar surface area (TPSA) is 20.2 Å². The number of allylic oxidation sites excluding steroid dienone is 2. The molecule has 21 heavy (non-hydrogen) atoms. The Labute approximate surface area is 130 Å². The SMILES string of the molecule is C/C=C1/CCC2C1CCC1C2CCC2CC(O)CCC21C. The number of hydrogen-bond donors (Lipinski definition) is 1. The van der Waals surface area contributed by atoms with Gasteiger partial charge in [-0.15, -0.1) is 0 Å². The van der Waals surface area contributed by atoms with E-state index < -0.39 is 0 Å². The van der Waals surface area contributed by atoms with E-state index in [9.17, 15) is 5.11 Å². The molecular formula is C20H32O. The number of rotatable bonds is 0. The third-order valence-corrected chi connectivity index (χ3v) is 8.19. The van der Waals surface area contributed by atoms with Gasteiger partial charge >= 0.3 is 0 Å². The van der Waals surface area contributed by atoms with Gasteiger partial charge in [0.2, 0.25) is 0 Å². The lowest BCUT2D eigenvalue weighted by Gasteiger charge is -2.58.